The maximum atomic E-state index is 14.5. The van der Waals surface area contributed by atoms with Crippen molar-refractivity contribution < 1.29 is 9.18 Å². The maximum absolute atomic E-state index is 14.5. The van der Waals surface area contributed by atoms with Gasteiger partial charge in [0.25, 0.3) is 0 Å². The molecule has 2 heterocycles. The highest BCUT2D eigenvalue weighted by Gasteiger charge is 2.17. The Hall–Kier alpha value is -2.21. The highest BCUT2D eigenvalue weighted by molar-refractivity contribution is 5.91. The summed E-state index contributed by atoms with van der Waals surface area (Å²) in [6.07, 6.45) is 4.55. The second kappa shape index (κ2) is 7.13. The van der Waals surface area contributed by atoms with Gasteiger partial charge in [0.2, 0.25) is 5.91 Å². The van der Waals surface area contributed by atoms with Crippen LogP contribution in [-0.2, 0) is 24.3 Å². The highest BCUT2D eigenvalue weighted by Crippen LogP contribution is 2.24. The van der Waals surface area contributed by atoms with Crippen molar-refractivity contribution in [3.63, 3.8) is 0 Å². The first-order chi connectivity index (χ1) is 11.6. The molecule has 0 spiro atoms. The molecule has 0 saturated heterocycles. The Morgan fingerprint density at radius 3 is 3.08 bits per heavy atom. The van der Waals surface area contributed by atoms with Gasteiger partial charge < -0.3 is 15.2 Å². The van der Waals surface area contributed by atoms with Crippen LogP contribution in [0, 0.1) is 5.82 Å². The van der Waals surface area contributed by atoms with E-state index in [0.29, 0.717) is 31.0 Å². The molecule has 0 radical (unpaired) electrons. The number of hydrogen-bond donors (Lipinski definition) is 2. The normalized spacial score (nSPS) is 13.8. The van der Waals surface area contributed by atoms with Crippen molar-refractivity contribution in [1.82, 2.24) is 14.9 Å². The molecule has 0 saturated carbocycles. The van der Waals surface area contributed by atoms with E-state index in [0.717, 1.165) is 17.9 Å². The number of aromatic nitrogens is 2. The Morgan fingerprint density at radius 2 is 2.29 bits per heavy atom. The number of carbonyl (C=O) groups is 1. The SMILES string of the molecule is CC(C)c1nccn1CCC(=O)Nc1ccc2c(c1F)CCNC2. The third-order valence-corrected chi connectivity index (χ3v) is 4.33. The fraction of sp³-hybridized carbons (Fsp3) is 0.444. The minimum absolute atomic E-state index is 0.189. The van der Waals surface area contributed by atoms with E-state index in [4.69, 9.17) is 0 Å². The highest BCUT2D eigenvalue weighted by atomic mass is 19.1. The number of imidazole rings is 1. The van der Waals surface area contributed by atoms with E-state index in [1.165, 1.54) is 0 Å². The molecule has 0 fully saturated rings. The zero-order valence-corrected chi connectivity index (χ0v) is 14.1. The van der Waals surface area contributed by atoms with E-state index < -0.39 is 0 Å². The smallest absolute Gasteiger partial charge is 0.226 e. The molecular weight excluding hydrogens is 307 g/mol. The Kier molecular flexibility index (Phi) is 4.94. The van der Waals surface area contributed by atoms with Crippen molar-refractivity contribution in [2.24, 2.45) is 0 Å². The van der Waals surface area contributed by atoms with Crippen LogP contribution in [0.2, 0.25) is 0 Å². The Morgan fingerprint density at radius 1 is 1.46 bits per heavy atom. The van der Waals surface area contributed by atoms with Gasteiger partial charge in [-0.3, -0.25) is 4.79 Å². The second-order valence-corrected chi connectivity index (χ2v) is 6.42. The predicted octanol–water partition coefficient (Wildman–Crippen LogP) is 2.82. The van der Waals surface area contributed by atoms with Gasteiger partial charge in [-0.25, -0.2) is 9.37 Å². The average molecular weight is 330 g/mol. The summed E-state index contributed by atoms with van der Waals surface area (Å²) in [5.41, 5.74) is 1.95. The van der Waals surface area contributed by atoms with E-state index in [1.807, 2.05) is 16.8 Å². The Labute approximate surface area is 141 Å². The molecule has 1 aliphatic heterocycles. The molecule has 6 heteroatoms. The number of benzene rings is 1. The molecule has 1 aromatic carbocycles. The molecule has 24 heavy (non-hydrogen) atoms. The lowest BCUT2D eigenvalue weighted by molar-refractivity contribution is -0.116. The first kappa shape index (κ1) is 16.6. The number of anilines is 1. The molecule has 1 aliphatic rings. The largest absolute Gasteiger partial charge is 0.334 e. The molecule has 0 aliphatic carbocycles. The molecular formula is C18H23FN4O. The summed E-state index contributed by atoms with van der Waals surface area (Å²) in [5, 5.41) is 5.92. The summed E-state index contributed by atoms with van der Waals surface area (Å²) in [7, 11) is 0. The van der Waals surface area contributed by atoms with Gasteiger partial charge in [-0.2, -0.15) is 0 Å². The number of fused-ring (bicyclic) bond motifs is 1. The van der Waals surface area contributed by atoms with Crippen molar-refractivity contribution in [2.45, 2.75) is 45.7 Å². The van der Waals surface area contributed by atoms with Crippen LogP contribution in [0.15, 0.2) is 24.5 Å². The van der Waals surface area contributed by atoms with Crippen LogP contribution in [-0.4, -0.2) is 22.0 Å². The van der Waals surface area contributed by atoms with E-state index in [2.05, 4.69) is 29.5 Å². The summed E-state index contributed by atoms with van der Waals surface area (Å²) in [5.74, 6) is 0.768. The summed E-state index contributed by atoms with van der Waals surface area (Å²) >= 11 is 0. The summed E-state index contributed by atoms with van der Waals surface area (Å²) < 4.78 is 16.5. The number of carbonyl (C=O) groups excluding carboxylic acids is 1. The standard InChI is InChI=1S/C18H23FN4O/c1-12(2)18-21-8-10-23(18)9-6-16(24)22-15-4-3-13-11-20-7-5-14(13)17(15)19/h3-4,8,10,12,20H,5-7,9,11H2,1-2H3,(H,22,24). The molecule has 128 valence electrons. The van der Waals surface area contributed by atoms with Gasteiger partial charge in [0, 0.05) is 37.8 Å². The van der Waals surface area contributed by atoms with Gasteiger partial charge in [-0.1, -0.05) is 19.9 Å². The van der Waals surface area contributed by atoms with Crippen molar-refractivity contribution >= 4 is 11.6 Å². The molecule has 3 rings (SSSR count). The number of hydrogen-bond acceptors (Lipinski definition) is 3. The maximum Gasteiger partial charge on any atom is 0.226 e. The number of aryl methyl sites for hydroxylation is 1. The molecule has 0 atom stereocenters. The summed E-state index contributed by atoms with van der Waals surface area (Å²) in [4.78, 5) is 16.5. The molecule has 0 unspecified atom stereocenters. The number of nitrogens with one attached hydrogen (secondary N) is 2. The third kappa shape index (κ3) is 3.48. The van der Waals surface area contributed by atoms with Crippen molar-refractivity contribution in [3.05, 3.63) is 47.3 Å². The van der Waals surface area contributed by atoms with E-state index in [9.17, 15) is 9.18 Å². The minimum Gasteiger partial charge on any atom is -0.334 e. The van der Waals surface area contributed by atoms with Gasteiger partial charge in [0.05, 0.1) is 5.69 Å². The minimum atomic E-state index is -0.298. The molecule has 2 N–H and O–H groups in total. The lowest BCUT2D eigenvalue weighted by atomic mass is 9.99. The van der Waals surface area contributed by atoms with Gasteiger partial charge in [0.15, 0.2) is 0 Å². The molecule has 5 nitrogen and oxygen atoms in total. The van der Waals surface area contributed by atoms with Crippen LogP contribution in [0.4, 0.5) is 10.1 Å². The zero-order valence-electron chi connectivity index (χ0n) is 14.1. The molecule has 1 amide bonds. The third-order valence-electron chi connectivity index (χ3n) is 4.33. The van der Waals surface area contributed by atoms with Crippen LogP contribution in [0.25, 0.3) is 0 Å². The van der Waals surface area contributed by atoms with Gasteiger partial charge in [-0.05, 0) is 30.2 Å². The number of nitrogens with zero attached hydrogens (tertiary/aromatic N) is 2. The van der Waals surface area contributed by atoms with Crippen LogP contribution < -0.4 is 10.6 Å². The fourth-order valence-electron chi connectivity index (χ4n) is 3.08. The van der Waals surface area contributed by atoms with E-state index >= 15 is 0 Å². The van der Waals surface area contributed by atoms with Crippen LogP contribution in [0.3, 0.4) is 0 Å². The zero-order chi connectivity index (χ0) is 17.1. The lowest BCUT2D eigenvalue weighted by Crippen LogP contribution is -2.25. The van der Waals surface area contributed by atoms with Gasteiger partial charge >= 0.3 is 0 Å². The number of rotatable bonds is 5. The van der Waals surface area contributed by atoms with Gasteiger partial charge in [0.1, 0.15) is 11.6 Å². The number of amides is 1. The average Bonchev–Trinajstić information content (AvgIpc) is 3.05. The van der Waals surface area contributed by atoms with Gasteiger partial charge in [-0.15, -0.1) is 0 Å². The topological polar surface area (TPSA) is 59.0 Å². The molecule has 2 aromatic rings. The van der Waals surface area contributed by atoms with Crippen LogP contribution >= 0.6 is 0 Å². The quantitative estimate of drug-likeness (QED) is 0.886. The van der Waals surface area contributed by atoms with E-state index in [1.54, 1.807) is 12.3 Å². The lowest BCUT2D eigenvalue weighted by Gasteiger charge is -2.19. The van der Waals surface area contributed by atoms with E-state index in [-0.39, 0.29) is 23.8 Å². The van der Waals surface area contributed by atoms with Crippen molar-refractivity contribution in [2.75, 3.05) is 11.9 Å². The first-order valence-corrected chi connectivity index (χ1v) is 8.38. The van der Waals surface area contributed by atoms with Crippen LogP contribution in [0.1, 0.15) is 43.1 Å². The summed E-state index contributed by atoms with van der Waals surface area (Å²) in [6, 6.07) is 3.53. The monoisotopic (exact) mass is 330 g/mol. The molecule has 1 aromatic heterocycles. The predicted molar refractivity (Wildman–Crippen MR) is 91.4 cm³/mol. The Balaban J connectivity index is 1.64. The summed E-state index contributed by atoms with van der Waals surface area (Å²) in [6.45, 7) is 6.11. The second-order valence-electron chi connectivity index (χ2n) is 6.42. The first-order valence-electron chi connectivity index (χ1n) is 8.38. The van der Waals surface area contributed by atoms with Crippen molar-refractivity contribution in [1.29, 1.82) is 0 Å². The Bertz CT molecular complexity index is 739. The number of halogens is 1. The van der Waals surface area contributed by atoms with Crippen molar-refractivity contribution in [3.8, 4) is 0 Å². The fourth-order valence-corrected chi connectivity index (χ4v) is 3.08. The van der Waals surface area contributed by atoms with Crippen LogP contribution in [0.5, 0.6) is 0 Å². The molecule has 0 bridgehead atoms.